The summed E-state index contributed by atoms with van der Waals surface area (Å²) >= 11 is 0. The van der Waals surface area contributed by atoms with E-state index in [2.05, 4.69) is 15.6 Å². The zero-order valence-corrected chi connectivity index (χ0v) is 9.40. The van der Waals surface area contributed by atoms with E-state index in [9.17, 15) is 4.79 Å². The van der Waals surface area contributed by atoms with Gasteiger partial charge in [0.25, 0.3) is 5.91 Å². The van der Waals surface area contributed by atoms with E-state index in [1.165, 1.54) is 6.08 Å². The number of aliphatic imine (C=N–C) groups is 1. The molecular weight excluding hydrogens is 202 g/mol. The fraction of sp³-hybridized carbons (Fsp3) is 0.167. The van der Waals surface area contributed by atoms with Gasteiger partial charge in [-0.2, -0.15) is 0 Å². The standard InChI is InChI=1S/C12H15N3O/c1-13-12(14-2)15-11(16)9-8-10-6-4-3-5-7-10/h3-9H,1-2H3,(H2,13,14,15,16). The summed E-state index contributed by atoms with van der Waals surface area (Å²) in [5, 5.41) is 5.36. The molecule has 0 aliphatic heterocycles. The molecular formula is C12H15N3O. The minimum Gasteiger partial charge on any atom is -0.359 e. The first-order valence-electron chi connectivity index (χ1n) is 4.95. The van der Waals surface area contributed by atoms with Gasteiger partial charge in [-0.05, 0) is 11.6 Å². The highest BCUT2D eigenvalue weighted by Crippen LogP contribution is 2.00. The molecule has 0 radical (unpaired) electrons. The van der Waals surface area contributed by atoms with Gasteiger partial charge in [0.15, 0.2) is 5.96 Å². The molecule has 0 fully saturated rings. The van der Waals surface area contributed by atoms with E-state index in [0.717, 1.165) is 5.56 Å². The normalized spacial score (nSPS) is 11.5. The Morgan fingerprint density at radius 1 is 1.31 bits per heavy atom. The third-order valence-corrected chi connectivity index (χ3v) is 1.93. The summed E-state index contributed by atoms with van der Waals surface area (Å²) in [7, 11) is 3.30. The van der Waals surface area contributed by atoms with Crippen molar-refractivity contribution in [2.45, 2.75) is 0 Å². The van der Waals surface area contributed by atoms with Gasteiger partial charge in [-0.25, -0.2) is 0 Å². The minimum atomic E-state index is -0.209. The molecule has 0 unspecified atom stereocenters. The number of guanidine groups is 1. The predicted molar refractivity (Wildman–Crippen MR) is 66.0 cm³/mol. The Hall–Kier alpha value is -2.10. The first kappa shape index (κ1) is 12.0. The van der Waals surface area contributed by atoms with Crippen molar-refractivity contribution in [2.24, 2.45) is 4.99 Å². The first-order valence-corrected chi connectivity index (χ1v) is 4.95. The fourth-order valence-electron chi connectivity index (χ4n) is 1.12. The van der Waals surface area contributed by atoms with E-state index in [1.807, 2.05) is 30.3 Å². The van der Waals surface area contributed by atoms with Crippen LogP contribution in [0.1, 0.15) is 5.56 Å². The molecule has 0 saturated heterocycles. The molecule has 1 amide bonds. The van der Waals surface area contributed by atoms with Crippen LogP contribution in [0.4, 0.5) is 0 Å². The second-order valence-corrected chi connectivity index (χ2v) is 3.06. The molecule has 84 valence electrons. The maximum Gasteiger partial charge on any atom is 0.250 e. The monoisotopic (exact) mass is 217 g/mol. The van der Waals surface area contributed by atoms with Crippen molar-refractivity contribution in [3.05, 3.63) is 42.0 Å². The number of amides is 1. The molecule has 0 spiro atoms. The molecule has 0 aliphatic carbocycles. The van der Waals surface area contributed by atoms with Crippen LogP contribution in [-0.2, 0) is 4.79 Å². The average Bonchev–Trinajstić information content (AvgIpc) is 2.34. The van der Waals surface area contributed by atoms with Gasteiger partial charge in [-0.3, -0.25) is 15.1 Å². The highest BCUT2D eigenvalue weighted by molar-refractivity contribution is 6.03. The lowest BCUT2D eigenvalue weighted by atomic mass is 10.2. The average molecular weight is 217 g/mol. The lowest BCUT2D eigenvalue weighted by Crippen LogP contribution is -2.37. The molecule has 1 aromatic carbocycles. The summed E-state index contributed by atoms with van der Waals surface area (Å²) in [4.78, 5) is 15.3. The van der Waals surface area contributed by atoms with Crippen molar-refractivity contribution in [3.63, 3.8) is 0 Å². The van der Waals surface area contributed by atoms with Gasteiger partial charge in [0.05, 0.1) is 0 Å². The lowest BCUT2D eigenvalue weighted by Gasteiger charge is -2.03. The van der Waals surface area contributed by atoms with Gasteiger partial charge >= 0.3 is 0 Å². The molecule has 1 aromatic rings. The van der Waals surface area contributed by atoms with Crippen LogP contribution in [0.3, 0.4) is 0 Å². The Labute approximate surface area is 95.1 Å². The number of hydrogen-bond donors (Lipinski definition) is 2. The van der Waals surface area contributed by atoms with Crippen molar-refractivity contribution < 1.29 is 4.79 Å². The zero-order valence-electron chi connectivity index (χ0n) is 9.40. The number of rotatable bonds is 2. The van der Waals surface area contributed by atoms with E-state index in [-0.39, 0.29) is 5.91 Å². The molecule has 0 heterocycles. The Bertz CT molecular complexity index is 396. The molecule has 0 bridgehead atoms. The van der Waals surface area contributed by atoms with Gasteiger partial charge in [0.1, 0.15) is 0 Å². The molecule has 0 aliphatic rings. The zero-order chi connectivity index (χ0) is 11.8. The number of carbonyl (C=O) groups is 1. The largest absolute Gasteiger partial charge is 0.359 e. The maximum atomic E-state index is 11.4. The van der Waals surface area contributed by atoms with Gasteiger partial charge in [-0.1, -0.05) is 30.3 Å². The van der Waals surface area contributed by atoms with Crippen LogP contribution < -0.4 is 10.6 Å². The van der Waals surface area contributed by atoms with Crippen LogP contribution in [0.5, 0.6) is 0 Å². The predicted octanol–water partition coefficient (Wildman–Crippen LogP) is 1.02. The van der Waals surface area contributed by atoms with Crippen molar-refractivity contribution >= 4 is 17.9 Å². The third kappa shape index (κ3) is 3.96. The molecule has 1 rings (SSSR count). The third-order valence-electron chi connectivity index (χ3n) is 1.93. The van der Waals surface area contributed by atoms with Crippen LogP contribution in [0.2, 0.25) is 0 Å². The van der Waals surface area contributed by atoms with Crippen LogP contribution in [0.25, 0.3) is 6.08 Å². The number of carbonyl (C=O) groups excluding carboxylic acids is 1. The summed E-state index contributed by atoms with van der Waals surface area (Å²) in [5.41, 5.74) is 0.983. The molecule has 0 atom stereocenters. The SMILES string of the molecule is CN=C(NC)NC(=O)C=Cc1ccccc1. The smallest absolute Gasteiger partial charge is 0.250 e. The van der Waals surface area contributed by atoms with E-state index in [0.29, 0.717) is 5.96 Å². The number of nitrogens with zero attached hydrogens (tertiary/aromatic N) is 1. The molecule has 4 nitrogen and oxygen atoms in total. The van der Waals surface area contributed by atoms with Gasteiger partial charge in [-0.15, -0.1) is 0 Å². The van der Waals surface area contributed by atoms with Crippen molar-refractivity contribution in [1.82, 2.24) is 10.6 Å². The fourth-order valence-corrected chi connectivity index (χ4v) is 1.12. The summed E-state index contributed by atoms with van der Waals surface area (Å²) < 4.78 is 0. The quantitative estimate of drug-likeness (QED) is 0.441. The highest BCUT2D eigenvalue weighted by atomic mass is 16.1. The minimum absolute atomic E-state index is 0.209. The Morgan fingerprint density at radius 2 is 2.00 bits per heavy atom. The number of nitrogens with one attached hydrogen (secondary N) is 2. The van der Waals surface area contributed by atoms with E-state index in [4.69, 9.17) is 0 Å². The van der Waals surface area contributed by atoms with Crippen LogP contribution in [-0.4, -0.2) is 26.0 Å². The second kappa shape index (κ2) is 6.40. The second-order valence-electron chi connectivity index (χ2n) is 3.06. The first-order chi connectivity index (χ1) is 7.76. The number of hydrogen-bond acceptors (Lipinski definition) is 2. The lowest BCUT2D eigenvalue weighted by molar-refractivity contribution is -0.115. The Kier molecular flexibility index (Phi) is 4.79. The molecule has 2 N–H and O–H groups in total. The van der Waals surface area contributed by atoms with Crippen LogP contribution in [0.15, 0.2) is 41.4 Å². The van der Waals surface area contributed by atoms with Crippen molar-refractivity contribution in [1.29, 1.82) is 0 Å². The van der Waals surface area contributed by atoms with E-state index in [1.54, 1.807) is 20.2 Å². The summed E-state index contributed by atoms with van der Waals surface area (Å²) in [6, 6.07) is 9.63. The Morgan fingerprint density at radius 3 is 2.56 bits per heavy atom. The molecule has 0 saturated carbocycles. The van der Waals surface area contributed by atoms with Gasteiger partial charge in [0, 0.05) is 20.2 Å². The summed E-state index contributed by atoms with van der Waals surface area (Å²) in [6.07, 6.45) is 3.22. The Balaban J connectivity index is 2.55. The summed E-state index contributed by atoms with van der Waals surface area (Å²) in [5.74, 6) is 0.238. The highest BCUT2D eigenvalue weighted by Gasteiger charge is 1.98. The number of benzene rings is 1. The van der Waals surface area contributed by atoms with Gasteiger partial charge in [0.2, 0.25) is 0 Å². The van der Waals surface area contributed by atoms with Gasteiger partial charge < -0.3 is 5.32 Å². The van der Waals surface area contributed by atoms with Crippen molar-refractivity contribution in [2.75, 3.05) is 14.1 Å². The van der Waals surface area contributed by atoms with Crippen LogP contribution >= 0.6 is 0 Å². The topological polar surface area (TPSA) is 53.5 Å². The van der Waals surface area contributed by atoms with Crippen LogP contribution in [0, 0.1) is 0 Å². The molecule has 0 aromatic heterocycles. The van der Waals surface area contributed by atoms with E-state index < -0.39 is 0 Å². The van der Waals surface area contributed by atoms with E-state index >= 15 is 0 Å². The van der Waals surface area contributed by atoms with Crippen molar-refractivity contribution in [3.8, 4) is 0 Å². The maximum absolute atomic E-state index is 11.4. The molecule has 4 heteroatoms. The molecule has 16 heavy (non-hydrogen) atoms. The summed E-state index contributed by atoms with van der Waals surface area (Å²) in [6.45, 7) is 0.